The second kappa shape index (κ2) is 8.31. The maximum absolute atomic E-state index is 9.69. The van der Waals surface area contributed by atoms with Crippen molar-refractivity contribution in [2.24, 2.45) is 11.8 Å². The summed E-state index contributed by atoms with van der Waals surface area (Å²) in [5, 5.41) is 9.69. The lowest BCUT2D eigenvalue weighted by Gasteiger charge is -2.23. The molecule has 4 atom stereocenters. The lowest BCUT2D eigenvalue weighted by Crippen LogP contribution is -2.24. The zero-order valence-electron chi connectivity index (χ0n) is 11.3. The maximum Gasteiger partial charge on any atom is 0.157 e. The summed E-state index contributed by atoms with van der Waals surface area (Å²) in [6.45, 7) is 5.28. The zero-order chi connectivity index (χ0) is 13.4. The quantitative estimate of drug-likeness (QED) is 0.582. The van der Waals surface area contributed by atoms with Gasteiger partial charge in [-0.2, -0.15) is 0 Å². The second-order valence-electron chi connectivity index (χ2n) is 4.94. The van der Waals surface area contributed by atoms with E-state index in [4.69, 9.17) is 15.9 Å². The molecule has 1 rings (SSSR count). The number of ether oxygens (including phenoxy) is 2. The topological polar surface area (TPSA) is 38.7 Å². The molecule has 3 heteroatoms. The van der Waals surface area contributed by atoms with Gasteiger partial charge in [0.2, 0.25) is 0 Å². The van der Waals surface area contributed by atoms with Crippen molar-refractivity contribution in [2.75, 3.05) is 13.2 Å². The first-order chi connectivity index (χ1) is 8.63. The van der Waals surface area contributed by atoms with E-state index < -0.39 is 6.10 Å². The third kappa shape index (κ3) is 5.68. The van der Waals surface area contributed by atoms with Gasteiger partial charge in [0.05, 0.1) is 12.7 Å². The first kappa shape index (κ1) is 15.2. The van der Waals surface area contributed by atoms with Gasteiger partial charge in [-0.3, -0.25) is 0 Å². The van der Waals surface area contributed by atoms with Crippen LogP contribution in [0.15, 0.2) is 12.2 Å². The molecule has 0 amide bonds. The van der Waals surface area contributed by atoms with Gasteiger partial charge in [-0.1, -0.05) is 19.1 Å². The van der Waals surface area contributed by atoms with E-state index >= 15 is 0 Å². The molecule has 0 radical (unpaired) electrons. The second-order valence-corrected chi connectivity index (χ2v) is 4.94. The van der Waals surface area contributed by atoms with Crippen LogP contribution in [0.1, 0.15) is 33.1 Å². The fraction of sp³-hybridized carbons (Fsp3) is 0.733. The highest BCUT2D eigenvalue weighted by Crippen LogP contribution is 2.15. The molecule has 1 fully saturated rings. The van der Waals surface area contributed by atoms with Crippen molar-refractivity contribution in [3.8, 4) is 12.3 Å². The van der Waals surface area contributed by atoms with Crippen LogP contribution < -0.4 is 0 Å². The zero-order valence-corrected chi connectivity index (χ0v) is 11.3. The number of aliphatic hydroxyl groups is 1. The summed E-state index contributed by atoms with van der Waals surface area (Å²) in [5.74, 6) is 2.61. The molecule has 0 aliphatic carbocycles. The monoisotopic (exact) mass is 252 g/mol. The van der Waals surface area contributed by atoms with Crippen LogP contribution in [0.4, 0.5) is 0 Å². The van der Waals surface area contributed by atoms with Gasteiger partial charge in [0.1, 0.15) is 0 Å². The Balaban J connectivity index is 2.22. The molecule has 1 saturated heterocycles. The molecule has 3 nitrogen and oxygen atoms in total. The molecule has 102 valence electrons. The third-order valence-corrected chi connectivity index (χ3v) is 3.09. The number of hydrogen-bond donors (Lipinski definition) is 1. The van der Waals surface area contributed by atoms with Gasteiger partial charge in [-0.25, -0.2) is 0 Å². The largest absolute Gasteiger partial charge is 0.388 e. The normalized spacial score (nSPS) is 25.6. The third-order valence-electron chi connectivity index (χ3n) is 3.09. The Hall–Kier alpha value is -0.820. The highest BCUT2D eigenvalue weighted by molar-refractivity contribution is 5.03. The Kier molecular flexibility index (Phi) is 7.04. The molecule has 1 aliphatic heterocycles. The molecule has 0 aromatic carbocycles. The van der Waals surface area contributed by atoms with E-state index in [1.165, 1.54) is 6.42 Å². The van der Waals surface area contributed by atoms with Crippen LogP contribution in [0, 0.1) is 24.2 Å². The van der Waals surface area contributed by atoms with Gasteiger partial charge in [0.25, 0.3) is 0 Å². The van der Waals surface area contributed by atoms with Crippen molar-refractivity contribution < 1.29 is 14.6 Å². The Labute approximate surface area is 110 Å². The summed E-state index contributed by atoms with van der Waals surface area (Å²) in [5.41, 5.74) is 0. The van der Waals surface area contributed by atoms with Crippen LogP contribution in [0.3, 0.4) is 0 Å². The van der Waals surface area contributed by atoms with Crippen molar-refractivity contribution in [3.63, 3.8) is 0 Å². The van der Waals surface area contributed by atoms with E-state index in [9.17, 15) is 5.11 Å². The highest BCUT2D eigenvalue weighted by Gasteiger charge is 2.14. The first-order valence-electron chi connectivity index (χ1n) is 6.69. The summed E-state index contributed by atoms with van der Waals surface area (Å²) in [6.07, 6.45) is 11.6. The molecular formula is C15H24O3. The first-order valence-corrected chi connectivity index (χ1v) is 6.69. The smallest absolute Gasteiger partial charge is 0.157 e. The lowest BCUT2D eigenvalue weighted by atomic mass is 10.0. The van der Waals surface area contributed by atoms with Crippen molar-refractivity contribution in [1.29, 1.82) is 0 Å². The van der Waals surface area contributed by atoms with Crippen molar-refractivity contribution in [2.45, 2.75) is 45.5 Å². The van der Waals surface area contributed by atoms with Crippen molar-refractivity contribution in [1.82, 2.24) is 0 Å². The fourth-order valence-electron chi connectivity index (χ4n) is 1.73. The Bertz CT molecular complexity index is 287. The molecular weight excluding hydrogens is 228 g/mol. The average Bonchev–Trinajstić information content (AvgIpc) is 2.42. The SMILES string of the molecule is C#C[C@H](C)[C@@H](O)/C=C/[C@H](C)COC1CCCCO1. The van der Waals surface area contributed by atoms with Gasteiger partial charge in [0, 0.05) is 12.5 Å². The van der Waals surface area contributed by atoms with Gasteiger partial charge < -0.3 is 14.6 Å². The van der Waals surface area contributed by atoms with Gasteiger partial charge >= 0.3 is 0 Å². The van der Waals surface area contributed by atoms with E-state index in [1.54, 1.807) is 6.08 Å². The van der Waals surface area contributed by atoms with E-state index in [1.807, 2.05) is 19.9 Å². The molecule has 1 heterocycles. The number of hydrogen-bond acceptors (Lipinski definition) is 3. The predicted octanol–water partition coefficient (Wildman–Crippen LogP) is 2.35. The minimum Gasteiger partial charge on any atom is -0.388 e. The van der Waals surface area contributed by atoms with Gasteiger partial charge in [-0.15, -0.1) is 12.3 Å². The summed E-state index contributed by atoms with van der Waals surface area (Å²) >= 11 is 0. The Morgan fingerprint density at radius 1 is 1.44 bits per heavy atom. The fourth-order valence-corrected chi connectivity index (χ4v) is 1.73. The maximum atomic E-state index is 9.69. The summed E-state index contributed by atoms with van der Waals surface area (Å²) in [6, 6.07) is 0. The summed E-state index contributed by atoms with van der Waals surface area (Å²) < 4.78 is 11.2. The molecule has 0 bridgehead atoms. The molecule has 0 aromatic rings. The predicted molar refractivity (Wildman–Crippen MR) is 71.9 cm³/mol. The molecule has 0 saturated carbocycles. The Morgan fingerprint density at radius 3 is 2.83 bits per heavy atom. The number of aliphatic hydroxyl groups excluding tert-OH is 1. The van der Waals surface area contributed by atoms with Crippen LogP contribution in [-0.2, 0) is 9.47 Å². The van der Waals surface area contributed by atoms with Gasteiger partial charge in [0.15, 0.2) is 6.29 Å². The van der Waals surface area contributed by atoms with Crippen LogP contribution in [0.2, 0.25) is 0 Å². The molecule has 1 N–H and O–H groups in total. The molecule has 0 aromatic heterocycles. The van der Waals surface area contributed by atoms with Crippen molar-refractivity contribution >= 4 is 0 Å². The van der Waals surface area contributed by atoms with E-state index in [-0.39, 0.29) is 18.1 Å². The van der Waals surface area contributed by atoms with Gasteiger partial charge in [-0.05, 0) is 32.1 Å². The van der Waals surface area contributed by atoms with Crippen molar-refractivity contribution in [3.05, 3.63) is 12.2 Å². The molecule has 1 unspecified atom stereocenters. The lowest BCUT2D eigenvalue weighted by molar-refractivity contribution is -0.166. The van der Waals surface area contributed by atoms with Crippen LogP contribution in [0.25, 0.3) is 0 Å². The highest BCUT2D eigenvalue weighted by atomic mass is 16.7. The Morgan fingerprint density at radius 2 is 2.22 bits per heavy atom. The van der Waals surface area contributed by atoms with E-state index in [0.717, 1.165) is 19.4 Å². The minimum absolute atomic E-state index is 0.0517. The van der Waals surface area contributed by atoms with Crippen LogP contribution in [0.5, 0.6) is 0 Å². The van der Waals surface area contributed by atoms with E-state index in [2.05, 4.69) is 5.92 Å². The minimum atomic E-state index is -0.580. The summed E-state index contributed by atoms with van der Waals surface area (Å²) in [4.78, 5) is 0. The standard InChI is InChI=1S/C15H24O3/c1-4-13(3)14(16)9-8-12(2)11-18-15-7-5-6-10-17-15/h1,8-9,12-16H,5-7,10-11H2,2-3H3/b9-8+/t12-,13-,14-,15?/m0/s1. The number of terminal acetylenes is 1. The summed E-state index contributed by atoms with van der Waals surface area (Å²) in [7, 11) is 0. The molecule has 18 heavy (non-hydrogen) atoms. The average molecular weight is 252 g/mol. The van der Waals surface area contributed by atoms with Crippen LogP contribution in [-0.4, -0.2) is 30.7 Å². The number of rotatable bonds is 6. The molecule has 1 aliphatic rings. The molecule has 0 spiro atoms. The van der Waals surface area contributed by atoms with Crippen LogP contribution >= 0.6 is 0 Å². The van der Waals surface area contributed by atoms with E-state index in [0.29, 0.717) is 6.61 Å².